The quantitative estimate of drug-likeness (QED) is 0.0544. The van der Waals surface area contributed by atoms with E-state index in [-0.39, 0.29) is 28.5 Å². The molecule has 21 rings (SSSR count). The number of benzene rings is 16. The second-order valence-corrected chi connectivity index (χ2v) is 30.0. The van der Waals surface area contributed by atoms with Gasteiger partial charge in [-0.1, -0.05) is 0 Å². The number of aromatic nitrogens is 1. The Morgan fingerprint density at radius 3 is 0.615 bits per heavy atom. The van der Waals surface area contributed by atoms with Crippen molar-refractivity contribution in [3.05, 3.63) is 336 Å². The van der Waals surface area contributed by atoms with Gasteiger partial charge in [0.2, 0.25) is 0 Å². The third-order valence-electron chi connectivity index (χ3n) is 22.2. The summed E-state index contributed by atoms with van der Waals surface area (Å²) < 4.78 is 107. The summed E-state index contributed by atoms with van der Waals surface area (Å²) in [6.07, 6.45) is -1.00. The first kappa shape index (κ1) is 81.6. The zero-order valence-electron chi connectivity index (χ0n) is 70.8. The molecule has 130 heavy (non-hydrogen) atoms. The topological polar surface area (TPSA) is 265 Å². The molecular formula is C104H73N8O17V-. The van der Waals surface area contributed by atoms with Gasteiger partial charge >= 0.3 is 21.0 Å². The second-order valence-electron chi connectivity index (χ2n) is 30.0. The van der Waals surface area contributed by atoms with Crippen LogP contribution in [-0.4, -0.2) is 86.1 Å². The van der Waals surface area contributed by atoms with Crippen molar-refractivity contribution < 1.29 is 96.8 Å². The van der Waals surface area contributed by atoms with Crippen LogP contribution in [0.4, 0.5) is 0 Å². The number of amidine groups is 5. The Bertz CT molecular complexity index is 7650. The van der Waals surface area contributed by atoms with E-state index in [2.05, 4.69) is 6.07 Å². The minimum absolute atomic E-state index is 0.274. The van der Waals surface area contributed by atoms with Gasteiger partial charge in [-0.15, -0.1) is 0 Å². The number of rotatable bonds is 24. The van der Waals surface area contributed by atoms with E-state index in [0.29, 0.717) is 194 Å². The predicted octanol–water partition coefficient (Wildman–Crippen LogP) is 22.8. The molecule has 1 aromatic heterocycles. The normalized spacial score (nSPS) is 13.1. The van der Waals surface area contributed by atoms with Crippen molar-refractivity contribution in [2.45, 2.75) is 6.17 Å². The number of hydrogen-bond donors (Lipinski definition) is 0. The van der Waals surface area contributed by atoms with E-state index >= 15 is 0 Å². The van der Waals surface area contributed by atoms with E-state index in [1.807, 2.05) is 285 Å². The summed E-state index contributed by atoms with van der Waals surface area (Å²) in [5.74, 6) is 14.3. The van der Waals surface area contributed by atoms with Crippen molar-refractivity contribution in [3.63, 3.8) is 0 Å². The van der Waals surface area contributed by atoms with E-state index in [1.165, 1.54) is 0 Å². The zero-order chi connectivity index (χ0) is 88.6. The molecule has 0 fully saturated rings. The molecule has 0 saturated heterocycles. The molecular weight excluding hydrogens is 1680 g/mol. The summed E-state index contributed by atoms with van der Waals surface area (Å²) in [4.78, 5) is 44.6. The summed E-state index contributed by atoms with van der Waals surface area (Å²) in [7, 11) is 12.9. The first-order chi connectivity index (χ1) is 63.8. The molecule has 25 nitrogen and oxygen atoms in total. The van der Waals surface area contributed by atoms with Crippen LogP contribution < -0.4 is 91.7 Å². The number of aliphatic imine (C=N–C) groups is 5. The van der Waals surface area contributed by atoms with Crippen LogP contribution in [-0.2, 0) is 21.0 Å². The Balaban J connectivity index is 0.00000525. The van der Waals surface area contributed by atoms with Gasteiger partial charge in [0.15, 0.2) is 69.7 Å². The fourth-order valence-electron chi connectivity index (χ4n) is 15.6. The molecule has 5 heterocycles. The molecule has 4 aliphatic heterocycles. The van der Waals surface area contributed by atoms with E-state index in [4.69, 9.17) is 119 Å². The summed E-state index contributed by atoms with van der Waals surface area (Å²) in [5, 5.41) is 7.24. The standard InChI is InChI=1S/C104H73N8O16.O.V/c1-113-65-9-25-73(26-10-65)121-89-49-57-41-81-82(42-58(57)50-90(89)122-74-27-11-66(114-2)12-28-74)98-105-97(81)109-99-83-43-59-51-91(123-75-29-13-67(115-3)14-30-75)92(124-76-31-15-68(116-4)16-32-76)52-60(59)44-84(83)101(106-99)111-103-87-47-63-55-95(127-79-37-21-71(119-7)22-38-79)96(128-80-39-23-72(120-8)24-40-80)56-64(63)48-88(87)104(108-103)112-102-86-46-62-54-94(126-78-35-19-70(118-6)20-36-78)93(125-77-33-17-69(117-5)18-34-77)53-61(62)45-85(86)100(107-102)110-98;;/h9-56,97H,1-8H3;;/q-1;;. The molecule has 8 bridgehead atoms. The van der Waals surface area contributed by atoms with Crippen LogP contribution in [0.3, 0.4) is 0 Å². The van der Waals surface area contributed by atoms with Crippen molar-refractivity contribution in [3.8, 4) is 138 Å². The van der Waals surface area contributed by atoms with Gasteiger partial charge in [-0.05, 0) is 345 Å². The van der Waals surface area contributed by atoms with Gasteiger partial charge in [0.1, 0.15) is 92.0 Å². The first-order valence-electron chi connectivity index (χ1n) is 40.8. The molecule has 0 amide bonds. The Labute approximate surface area is 751 Å². The van der Waals surface area contributed by atoms with Crippen molar-refractivity contribution in [1.82, 2.24) is 4.98 Å². The van der Waals surface area contributed by atoms with Crippen molar-refractivity contribution in [2.75, 3.05) is 56.9 Å². The van der Waals surface area contributed by atoms with Gasteiger partial charge in [0, 0.05) is 44.4 Å². The number of methoxy groups -OCH3 is 8. The Morgan fingerprint density at radius 2 is 0.385 bits per heavy atom. The Morgan fingerprint density at radius 1 is 0.208 bits per heavy atom. The Hall–Kier alpha value is -16.8. The molecule has 0 aliphatic carbocycles. The maximum atomic E-state index is 8.19. The molecule has 0 spiro atoms. The van der Waals surface area contributed by atoms with Crippen LogP contribution in [0.1, 0.15) is 39.5 Å². The minimum atomic E-state index is -1.00. The number of nitrogens with zero attached hydrogens (tertiary/aromatic N) is 8. The molecule has 16 aromatic carbocycles. The van der Waals surface area contributed by atoms with E-state index in [0.717, 1.165) is 60.5 Å². The van der Waals surface area contributed by atoms with Crippen LogP contribution in [0.25, 0.3) is 53.9 Å². The maximum absolute atomic E-state index is 8.19. The van der Waals surface area contributed by atoms with Crippen LogP contribution >= 0.6 is 0 Å². The van der Waals surface area contributed by atoms with Crippen LogP contribution in [0.5, 0.6) is 138 Å². The molecule has 4 aliphatic rings. The van der Waals surface area contributed by atoms with E-state index < -0.39 is 6.17 Å². The molecule has 17 aromatic rings. The number of fused-ring (bicyclic) bond motifs is 21. The van der Waals surface area contributed by atoms with Gasteiger partial charge in [0.25, 0.3) is 0 Å². The van der Waals surface area contributed by atoms with Gasteiger partial charge < -0.3 is 90.8 Å². The van der Waals surface area contributed by atoms with Gasteiger partial charge in [0.05, 0.1) is 68.5 Å². The van der Waals surface area contributed by atoms with Crippen molar-refractivity contribution in [2.24, 2.45) is 34.9 Å². The molecule has 1 atom stereocenters. The summed E-state index contributed by atoms with van der Waals surface area (Å²) in [5.41, 5.74) is 4.36. The van der Waals surface area contributed by atoms with Gasteiger partial charge in [-0.3, -0.25) is 0 Å². The third-order valence-corrected chi connectivity index (χ3v) is 22.2. The van der Waals surface area contributed by atoms with Gasteiger partial charge in [-0.25, -0.2) is 25.0 Å². The summed E-state index contributed by atoms with van der Waals surface area (Å²) in [6, 6.07) is 90.5. The number of ether oxygens (including phenoxy) is 16. The molecule has 637 valence electrons. The summed E-state index contributed by atoms with van der Waals surface area (Å²) >= 11 is 1.06. The van der Waals surface area contributed by atoms with Crippen molar-refractivity contribution >= 4 is 83.0 Å². The predicted molar refractivity (Wildman–Crippen MR) is 490 cm³/mol. The number of hydrogen-bond acceptors (Lipinski definition) is 24. The third kappa shape index (κ3) is 16.4. The van der Waals surface area contributed by atoms with E-state index in [9.17, 15) is 0 Å². The molecule has 1 unspecified atom stereocenters. The molecule has 0 radical (unpaired) electrons. The Kier molecular flexibility index (Phi) is 22.0. The average molecular weight is 1760 g/mol. The summed E-state index contributed by atoms with van der Waals surface area (Å²) in [6.45, 7) is 0. The first-order valence-corrected chi connectivity index (χ1v) is 41.4. The van der Waals surface area contributed by atoms with Gasteiger partial charge in [-0.2, -0.15) is 0 Å². The van der Waals surface area contributed by atoms with Crippen LogP contribution in [0.15, 0.2) is 326 Å². The second kappa shape index (κ2) is 35.0. The fraction of sp³-hybridized carbons (Fsp3) is 0.0865. The van der Waals surface area contributed by atoms with Crippen LogP contribution in [0, 0.1) is 0 Å². The fourth-order valence-corrected chi connectivity index (χ4v) is 15.6. The molecule has 0 N–H and O–H groups in total. The monoisotopic (exact) mass is 1760 g/mol. The zero-order valence-corrected chi connectivity index (χ0v) is 72.2. The van der Waals surface area contributed by atoms with Crippen LogP contribution in [0.2, 0.25) is 0 Å². The van der Waals surface area contributed by atoms with E-state index in [1.54, 1.807) is 56.9 Å². The molecule has 0 saturated carbocycles. The molecule has 26 heteroatoms. The van der Waals surface area contributed by atoms with Crippen molar-refractivity contribution in [1.29, 1.82) is 0 Å². The SMILES string of the molecule is COc1ccc(Oc2cc3cc4c(cc3cc2Oc2ccc(OC)cc2)C2=NC3=NC(N=C5N=C(N=c6[n-]c(c7cc8cc(Oc9ccc(OC)cc9)c(Oc9ccc(OC)cc9)cc8cc67)=NC4=N2)c2cc4cc(Oc6ccc(OC)cc6)c(Oc6ccc(OC)cc6)cc4cc25)c2cc4cc(Oc5ccc(OC)cc5)c(Oc5ccc(OC)cc5)cc4cc23)cc1.[O]=[V]. The average Bonchev–Trinajstić information content (AvgIpc) is 1.59.